The fourth-order valence-electron chi connectivity index (χ4n) is 0. The second-order valence-electron chi connectivity index (χ2n) is 0.500. The first-order valence-electron chi connectivity index (χ1n) is 0.816. The van der Waals surface area contributed by atoms with E-state index in [-0.39, 0.29) is 36.5 Å². The van der Waals surface area contributed by atoms with Crippen LogP contribution in [0.2, 0.25) is 0 Å². The molecule has 0 aliphatic rings. The Labute approximate surface area is 64.9 Å². The van der Waals surface area contributed by atoms with Crippen LogP contribution >= 0.6 is 0 Å². The Morgan fingerprint density at radius 3 is 0.857 bits per heavy atom. The molecule has 0 spiro atoms. The number of hydrogen-bond donors (Lipinski definition) is 0. The Bertz CT molecular complexity index is 27.2. The summed E-state index contributed by atoms with van der Waals surface area (Å²) in [6.45, 7) is 0. The van der Waals surface area contributed by atoms with Crippen LogP contribution in [0.5, 0.6) is 0 Å². The molecule has 0 N–H and O–H groups in total. The average Bonchev–Trinajstić information content (AvgIpc) is 0.722. The molecule has 0 aliphatic heterocycles. The van der Waals surface area contributed by atoms with E-state index in [0.29, 0.717) is 0 Å². The molecule has 0 rings (SSSR count). The van der Waals surface area contributed by atoms with Gasteiger partial charge in [0, 0.05) is 0 Å². The third-order valence-corrected chi connectivity index (χ3v) is 0. The first kappa shape index (κ1) is 15.7. The van der Waals surface area contributed by atoms with Crippen molar-refractivity contribution >= 4 is 9.05 Å². The zero-order chi connectivity index (χ0) is 4.50. The van der Waals surface area contributed by atoms with E-state index in [1.54, 1.807) is 0 Å². The summed E-state index contributed by atoms with van der Waals surface area (Å²) in [6.07, 6.45) is 0. The van der Waals surface area contributed by atoms with Gasteiger partial charge >= 0.3 is 36.5 Å². The van der Waals surface area contributed by atoms with Gasteiger partial charge in [-0.3, -0.25) is 0 Å². The van der Waals surface area contributed by atoms with E-state index >= 15 is 0 Å². The van der Waals surface area contributed by atoms with Gasteiger partial charge in [0.05, 0.1) is 0 Å². The van der Waals surface area contributed by atoms with Gasteiger partial charge in [0.15, 0.2) is 0 Å². The first-order valence-corrected chi connectivity index (χ1v) is 2.45. The van der Waals surface area contributed by atoms with E-state index in [2.05, 4.69) is 0 Å². The van der Waals surface area contributed by atoms with E-state index in [9.17, 15) is 0 Å². The minimum Gasteiger partial charge on any atom is -0.894 e. The smallest absolute Gasteiger partial charge is 0.894 e. The molecule has 0 aromatic carbocycles. The van der Waals surface area contributed by atoms with Gasteiger partial charge in [-0.25, -0.2) is 0 Å². The van der Waals surface area contributed by atoms with Crippen LogP contribution in [0.4, 0.5) is 0 Å². The molecule has 0 aromatic heterocycles. The molecule has 1 radical (unpaired) electrons. The summed E-state index contributed by atoms with van der Waals surface area (Å²) in [5.74, 6) is 0. The van der Waals surface area contributed by atoms with Crippen molar-refractivity contribution in [2.24, 2.45) is 0 Å². The maximum Gasteiger partial charge on any atom is 2.00 e. The molecule has 0 fully saturated rings. The molecule has 0 heterocycles. The second-order valence-corrected chi connectivity index (χ2v) is 1.50. The standard InChI is InChI=1S/Mn.O4Si.Zn/c;1-5(2,3)4;/q+2;-4;+2. The molecule has 7 heavy (non-hydrogen) atoms. The second kappa shape index (κ2) is 5.34. The zero-order valence-electron chi connectivity index (χ0n) is 3.22. The van der Waals surface area contributed by atoms with Crippen LogP contribution in [0, 0.1) is 0 Å². The first-order chi connectivity index (χ1) is 2.00. The van der Waals surface area contributed by atoms with Crippen molar-refractivity contribution < 1.29 is 55.7 Å². The van der Waals surface area contributed by atoms with E-state index in [1.165, 1.54) is 0 Å². The summed E-state index contributed by atoms with van der Waals surface area (Å²) in [6, 6.07) is 0. The topological polar surface area (TPSA) is 92.2 Å². The van der Waals surface area contributed by atoms with Gasteiger partial charge in [-0.15, -0.1) is 0 Å². The summed E-state index contributed by atoms with van der Waals surface area (Å²) in [5, 5.41) is 0. The molecule has 0 bridgehead atoms. The molecule has 0 amide bonds. The van der Waals surface area contributed by atoms with Crippen LogP contribution in [-0.2, 0) is 36.5 Å². The minimum absolute atomic E-state index is 0. The van der Waals surface area contributed by atoms with E-state index in [1.807, 2.05) is 0 Å². The van der Waals surface area contributed by atoms with Crippen LogP contribution in [0.3, 0.4) is 0 Å². The summed E-state index contributed by atoms with van der Waals surface area (Å²) >= 11 is 0. The molecule has 0 saturated carbocycles. The Morgan fingerprint density at radius 2 is 0.857 bits per heavy atom. The Balaban J connectivity index is -0.0000000800. The van der Waals surface area contributed by atoms with Crippen LogP contribution in [-0.4, -0.2) is 9.05 Å². The third-order valence-electron chi connectivity index (χ3n) is 0. The summed E-state index contributed by atoms with van der Waals surface area (Å²) in [5.41, 5.74) is 0. The fraction of sp³-hybridized carbons (Fsp3) is 0. The van der Waals surface area contributed by atoms with Crippen molar-refractivity contribution in [2.75, 3.05) is 0 Å². The molecular weight excluding hydrogens is 212 g/mol. The van der Waals surface area contributed by atoms with Crippen molar-refractivity contribution in [2.45, 2.75) is 0 Å². The van der Waals surface area contributed by atoms with Gasteiger partial charge in [-0.05, 0) is 0 Å². The normalized spacial score (nSPS) is 8.57. The van der Waals surface area contributed by atoms with Gasteiger partial charge in [0.1, 0.15) is 0 Å². The molecule has 7 heteroatoms. The molecule has 4 nitrogen and oxygen atoms in total. The number of rotatable bonds is 0. The minimum atomic E-state index is -5.61. The van der Waals surface area contributed by atoms with Crippen LogP contribution < -0.4 is 19.2 Å². The molecule has 0 atom stereocenters. The van der Waals surface area contributed by atoms with E-state index in [4.69, 9.17) is 19.2 Å². The van der Waals surface area contributed by atoms with Crippen molar-refractivity contribution in [3.05, 3.63) is 0 Å². The molecule has 0 unspecified atom stereocenters. The van der Waals surface area contributed by atoms with E-state index in [0.717, 1.165) is 0 Å². The SMILES string of the molecule is [Mn+2].[O-][Si]([O-])([O-])[O-].[Zn+2]. The monoisotopic (exact) mass is 211 g/mol. The van der Waals surface area contributed by atoms with Gasteiger partial charge in [-0.2, -0.15) is 0 Å². The van der Waals surface area contributed by atoms with Gasteiger partial charge in [-0.1, -0.05) is 0 Å². The zero-order valence-corrected chi connectivity index (χ0v) is 8.37. The van der Waals surface area contributed by atoms with Crippen molar-refractivity contribution in [3.8, 4) is 0 Å². The predicted molar refractivity (Wildman–Crippen MR) is 5.75 cm³/mol. The van der Waals surface area contributed by atoms with Crippen molar-refractivity contribution in [1.82, 2.24) is 0 Å². The Kier molecular flexibility index (Phi) is 12.0. The molecular formula is MnO4SiZn. The largest absolute Gasteiger partial charge is 2.00 e. The van der Waals surface area contributed by atoms with Gasteiger partial charge in [0.25, 0.3) is 0 Å². The average molecular weight is 212 g/mol. The maximum absolute atomic E-state index is 8.58. The fourth-order valence-corrected chi connectivity index (χ4v) is 0. The Morgan fingerprint density at radius 1 is 0.857 bits per heavy atom. The van der Waals surface area contributed by atoms with Crippen LogP contribution in [0.25, 0.3) is 0 Å². The third kappa shape index (κ3) is 135. The Hall–Kier alpha value is 1.20. The van der Waals surface area contributed by atoms with Gasteiger partial charge in [0.2, 0.25) is 0 Å². The molecule has 0 aliphatic carbocycles. The summed E-state index contributed by atoms with van der Waals surface area (Å²) < 4.78 is 0. The molecule has 0 saturated heterocycles. The summed E-state index contributed by atoms with van der Waals surface area (Å²) in [4.78, 5) is 34.3. The van der Waals surface area contributed by atoms with Gasteiger partial charge < -0.3 is 28.2 Å². The van der Waals surface area contributed by atoms with Crippen molar-refractivity contribution in [1.29, 1.82) is 0 Å². The quantitative estimate of drug-likeness (QED) is 0.375. The number of hydrogen-bond acceptors (Lipinski definition) is 4. The summed E-state index contributed by atoms with van der Waals surface area (Å²) in [7, 11) is -5.61. The van der Waals surface area contributed by atoms with E-state index < -0.39 is 9.05 Å². The van der Waals surface area contributed by atoms with Crippen molar-refractivity contribution in [3.63, 3.8) is 0 Å². The maximum atomic E-state index is 8.58. The molecule has 37 valence electrons. The van der Waals surface area contributed by atoms with Crippen LogP contribution in [0.15, 0.2) is 0 Å². The van der Waals surface area contributed by atoms with Crippen LogP contribution in [0.1, 0.15) is 0 Å². The molecule has 0 aromatic rings. The predicted octanol–water partition coefficient (Wildman–Crippen LogP) is -5.14.